The van der Waals surface area contributed by atoms with Gasteiger partial charge in [-0.2, -0.15) is 0 Å². The zero-order valence-corrected chi connectivity index (χ0v) is 19.6. The van der Waals surface area contributed by atoms with E-state index in [0.717, 1.165) is 25.3 Å². The molecule has 2 fully saturated rings. The fraction of sp³-hybridized carbons (Fsp3) is 0.414. The van der Waals surface area contributed by atoms with Gasteiger partial charge in [-0.25, -0.2) is 13.6 Å². The Morgan fingerprint density at radius 2 is 1.82 bits per heavy atom. The van der Waals surface area contributed by atoms with Crippen LogP contribution in [0.4, 0.5) is 8.78 Å². The maximum absolute atomic E-state index is 15.0. The van der Waals surface area contributed by atoms with Gasteiger partial charge in [-0.15, -0.1) is 6.58 Å². The molecule has 180 valence electrons. The average Bonchev–Trinajstić information content (AvgIpc) is 2.85. The van der Waals surface area contributed by atoms with Crippen LogP contribution in [0.5, 0.6) is 11.5 Å². The number of carbonyl (C=O) groups excluding carboxylic acids is 1. The van der Waals surface area contributed by atoms with Crippen molar-refractivity contribution in [2.24, 2.45) is 17.8 Å². The molecule has 0 aliphatic heterocycles. The van der Waals surface area contributed by atoms with Crippen LogP contribution in [-0.2, 0) is 0 Å². The number of esters is 1. The Hall–Kier alpha value is -2.95. The van der Waals surface area contributed by atoms with E-state index >= 15 is 4.39 Å². The van der Waals surface area contributed by atoms with Gasteiger partial charge in [-0.3, -0.25) is 0 Å². The lowest BCUT2D eigenvalue weighted by Gasteiger charge is -2.41. The first-order valence-electron chi connectivity index (χ1n) is 12.2. The smallest absolute Gasteiger partial charge is 0.343 e. The Balaban J connectivity index is 1.39. The van der Waals surface area contributed by atoms with Gasteiger partial charge in [0.05, 0.1) is 5.56 Å². The van der Waals surface area contributed by atoms with E-state index in [9.17, 15) is 9.18 Å². The number of halogens is 2. The molecule has 34 heavy (non-hydrogen) atoms. The van der Waals surface area contributed by atoms with E-state index in [4.69, 9.17) is 9.47 Å². The SMILES string of the molecule is C=CC1CCC2CC(c3ccc(C(=O)Oc4ccc(OC/C=C/C)cc4F)cc3F)CCC2C1. The zero-order chi connectivity index (χ0) is 24.1. The van der Waals surface area contributed by atoms with Gasteiger partial charge >= 0.3 is 5.97 Å². The van der Waals surface area contributed by atoms with E-state index < -0.39 is 17.6 Å². The Kier molecular flexibility index (Phi) is 7.81. The van der Waals surface area contributed by atoms with Crippen LogP contribution in [-0.4, -0.2) is 12.6 Å². The fourth-order valence-electron chi connectivity index (χ4n) is 5.46. The lowest BCUT2D eigenvalue weighted by Crippen LogP contribution is -2.30. The van der Waals surface area contributed by atoms with Gasteiger partial charge in [0, 0.05) is 6.07 Å². The third kappa shape index (κ3) is 5.57. The summed E-state index contributed by atoms with van der Waals surface area (Å²) in [5, 5.41) is 0. The molecule has 0 spiro atoms. The number of benzene rings is 2. The number of ether oxygens (including phenoxy) is 2. The Morgan fingerprint density at radius 3 is 2.56 bits per heavy atom. The molecule has 0 aromatic heterocycles. The van der Waals surface area contributed by atoms with Crippen molar-refractivity contribution in [3.63, 3.8) is 0 Å². The standard InChI is InChI=1S/C29H32F2O3/c1-3-5-14-33-24-11-13-28(27(31)18-24)34-29(32)23-10-12-25(26(30)17-23)22-9-8-20-15-19(4-2)6-7-21(20)16-22/h3-5,10-13,17-22H,2,6-9,14-16H2,1H3/b5-3+. The van der Waals surface area contributed by atoms with Crippen molar-refractivity contribution in [3.8, 4) is 11.5 Å². The van der Waals surface area contributed by atoms with Crippen molar-refractivity contribution < 1.29 is 23.0 Å². The molecule has 0 heterocycles. The highest BCUT2D eigenvalue weighted by molar-refractivity contribution is 5.91. The molecule has 2 aliphatic rings. The van der Waals surface area contributed by atoms with Gasteiger partial charge < -0.3 is 9.47 Å². The predicted molar refractivity (Wildman–Crippen MR) is 129 cm³/mol. The minimum absolute atomic E-state index is 0.0641. The van der Waals surface area contributed by atoms with E-state index in [1.165, 1.54) is 37.5 Å². The molecule has 2 aromatic carbocycles. The first-order chi connectivity index (χ1) is 16.5. The highest BCUT2D eigenvalue weighted by Gasteiger charge is 2.36. The fourth-order valence-corrected chi connectivity index (χ4v) is 5.46. The van der Waals surface area contributed by atoms with Gasteiger partial charge in [0.2, 0.25) is 0 Å². The van der Waals surface area contributed by atoms with Crippen LogP contribution in [0.2, 0.25) is 0 Å². The van der Waals surface area contributed by atoms with E-state index in [2.05, 4.69) is 12.7 Å². The number of rotatable bonds is 7. The largest absolute Gasteiger partial charge is 0.489 e. The molecule has 3 nitrogen and oxygen atoms in total. The molecular weight excluding hydrogens is 434 g/mol. The summed E-state index contributed by atoms with van der Waals surface area (Å²) in [5.74, 6) is 0.327. The third-order valence-corrected chi connectivity index (χ3v) is 7.35. The van der Waals surface area contributed by atoms with E-state index in [0.29, 0.717) is 35.7 Å². The molecule has 2 saturated carbocycles. The predicted octanol–water partition coefficient (Wildman–Crippen LogP) is 7.62. The van der Waals surface area contributed by atoms with Crippen LogP contribution >= 0.6 is 0 Å². The van der Waals surface area contributed by atoms with Crippen LogP contribution in [0, 0.1) is 29.4 Å². The summed E-state index contributed by atoms with van der Waals surface area (Å²) in [6, 6.07) is 8.51. The lowest BCUT2D eigenvalue weighted by atomic mass is 9.64. The molecule has 4 unspecified atom stereocenters. The number of carbonyl (C=O) groups is 1. The molecule has 5 heteroatoms. The van der Waals surface area contributed by atoms with Crippen molar-refractivity contribution in [2.75, 3.05) is 6.61 Å². The minimum atomic E-state index is -0.793. The maximum Gasteiger partial charge on any atom is 0.343 e. The Morgan fingerprint density at radius 1 is 1.03 bits per heavy atom. The van der Waals surface area contributed by atoms with Gasteiger partial charge in [0.15, 0.2) is 11.6 Å². The van der Waals surface area contributed by atoms with Gasteiger partial charge in [-0.05, 0) is 98.9 Å². The molecule has 0 bridgehead atoms. The van der Waals surface area contributed by atoms with Crippen molar-refractivity contribution in [3.05, 3.63) is 84.0 Å². The number of hydrogen-bond donors (Lipinski definition) is 0. The maximum atomic E-state index is 15.0. The molecule has 0 saturated heterocycles. The van der Waals surface area contributed by atoms with Crippen molar-refractivity contribution >= 4 is 5.97 Å². The van der Waals surface area contributed by atoms with Crippen LogP contribution < -0.4 is 9.47 Å². The monoisotopic (exact) mass is 466 g/mol. The lowest BCUT2D eigenvalue weighted by molar-refractivity contribution is 0.0727. The third-order valence-electron chi connectivity index (χ3n) is 7.35. The van der Waals surface area contributed by atoms with E-state index in [-0.39, 0.29) is 17.2 Å². The molecule has 0 amide bonds. The van der Waals surface area contributed by atoms with Crippen molar-refractivity contribution in [2.45, 2.75) is 51.4 Å². The Bertz CT molecular complexity index is 1060. The molecule has 2 aliphatic carbocycles. The van der Waals surface area contributed by atoms with Crippen LogP contribution in [0.15, 0.2) is 61.2 Å². The highest BCUT2D eigenvalue weighted by atomic mass is 19.1. The minimum Gasteiger partial charge on any atom is -0.489 e. The van der Waals surface area contributed by atoms with Gasteiger partial charge in [-0.1, -0.05) is 24.3 Å². The van der Waals surface area contributed by atoms with E-state index in [1.807, 2.05) is 13.0 Å². The van der Waals surface area contributed by atoms with Crippen LogP contribution in [0.1, 0.15) is 67.3 Å². The van der Waals surface area contributed by atoms with Gasteiger partial charge in [0.25, 0.3) is 0 Å². The quantitative estimate of drug-likeness (QED) is 0.239. The average molecular weight is 467 g/mol. The molecule has 4 rings (SSSR count). The molecule has 4 atom stereocenters. The summed E-state index contributed by atoms with van der Waals surface area (Å²) in [5.41, 5.74) is 0.726. The van der Waals surface area contributed by atoms with Crippen molar-refractivity contribution in [1.82, 2.24) is 0 Å². The second-order valence-corrected chi connectivity index (χ2v) is 9.44. The first-order valence-corrected chi connectivity index (χ1v) is 12.2. The van der Waals surface area contributed by atoms with E-state index in [1.54, 1.807) is 18.2 Å². The first kappa shape index (κ1) is 24.2. The second-order valence-electron chi connectivity index (χ2n) is 9.44. The molecule has 0 radical (unpaired) electrons. The van der Waals surface area contributed by atoms with Crippen LogP contribution in [0.3, 0.4) is 0 Å². The second kappa shape index (κ2) is 11.0. The molecule has 2 aromatic rings. The summed E-state index contributed by atoms with van der Waals surface area (Å²) in [6.45, 7) is 6.13. The summed E-state index contributed by atoms with van der Waals surface area (Å²) < 4.78 is 40.0. The zero-order valence-electron chi connectivity index (χ0n) is 19.6. The van der Waals surface area contributed by atoms with Crippen LogP contribution in [0.25, 0.3) is 0 Å². The van der Waals surface area contributed by atoms with Gasteiger partial charge in [0.1, 0.15) is 18.2 Å². The summed E-state index contributed by atoms with van der Waals surface area (Å²) in [7, 11) is 0. The topological polar surface area (TPSA) is 35.5 Å². The molecule has 0 N–H and O–H groups in total. The summed E-state index contributed by atoms with van der Waals surface area (Å²) in [6.07, 6.45) is 12.3. The Labute approximate surface area is 200 Å². The normalized spacial score (nSPS) is 24.4. The number of hydrogen-bond acceptors (Lipinski definition) is 3. The number of allylic oxidation sites excluding steroid dienone is 2. The highest BCUT2D eigenvalue weighted by Crippen LogP contribution is 2.48. The van der Waals surface area contributed by atoms with Crippen molar-refractivity contribution in [1.29, 1.82) is 0 Å². The summed E-state index contributed by atoms with van der Waals surface area (Å²) >= 11 is 0. The summed E-state index contributed by atoms with van der Waals surface area (Å²) in [4.78, 5) is 12.5. The molecular formula is C29H32F2O3. The number of fused-ring (bicyclic) bond motifs is 1.